The maximum absolute atomic E-state index is 14.0. The number of Topliss-reactive ketones (excluding diaryl/α,β-unsaturated/α-hetero) is 1. The van der Waals surface area contributed by atoms with Crippen molar-refractivity contribution in [1.82, 2.24) is 20.9 Å². The average molecular weight is 798 g/mol. The molecular weight excluding hydrogens is 768 g/mol. The highest BCUT2D eigenvalue weighted by Gasteiger charge is 2.43. The SMILES string of the molecule is CC(NC(=O)c1cc2c(c(C(F)(F)F)c1)COB2O)C(NC(=O)c1cc2c(c(C(F)(F)F)c1)COB2O)C(=O)NC(CCC(=O)CN1C(=O)CCC1=O)C(=O)O. The van der Waals surface area contributed by atoms with Gasteiger partial charge in [0.05, 0.1) is 36.9 Å². The fraction of sp³-hybridized carbons (Fsp3) is 0.406. The van der Waals surface area contributed by atoms with Crippen molar-refractivity contribution < 1.29 is 84.4 Å². The van der Waals surface area contributed by atoms with Crippen molar-refractivity contribution in [2.75, 3.05) is 6.54 Å². The van der Waals surface area contributed by atoms with Gasteiger partial charge in [-0.2, -0.15) is 26.3 Å². The number of nitrogens with one attached hydrogen (secondary N) is 3. The summed E-state index contributed by atoms with van der Waals surface area (Å²) >= 11 is 0. The van der Waals surface area contributed by atoms with E-state index in [0.717, 1.165) is 19.1 Å². The zero-order valence-electron chi connectivity index (χ0n) is 28.9. The maximum atomic E-state index is 14.0. The molecule has 5 amide bonds. The summed E-state index contributed by atoms with van der Waals surface area (Å²) in [7, 11) is -3.70. The number of fused-ring (bicyclic) bond motifs is 2. The second-order valence-electron chi connectivity index (χ2n) is 13.1. The number of ketones is 1. The fourth-order valence-electron chi connectivity index (χ4n) is 6.32. The monoisotopic (exact) mass is 798 g/mol. The molecule has 2 aromatic carbocycles. The number of halogens is 6. The molecule has 3 aliphatic heterocycles. The van der Waals surface area contributed by atoms with Crippen molar-refractivity contribution in [3.05, 3.63) is 57.6 Å². The summed E-state index contributed by atoms with van der Waals surface area (Å²) in [4.78, 5) is 89.6. The Bertz CT molecular complexity index is 1980. The van der Waals surface area contributed by atoms with Crippen LogP contribution in [0.3, 0.4) is 0 Å². The third-order valence-corrected chi connectivity index (χ3v) is 9.25. The molecule has 24 heteroatoms. The van der Waals surface area contributed by atoms with E-state index < -0.39 is 157 Å². The molecule has 0 saturated carbocycles. The minimum atomic E-state index is -5.06. The molecule has 3 unspecified atom stereocenters. The largest absolute Gasteiger partial charge is 0.491 e. The van der Waals surface area contributed by atoms with Gasteiger partial charge in [0, 0.05) is 30.4 Å². The topological polar surface area (TPSA) is 238 Å². The number of imide groups is 1. The molecule has 0 radical (unpaired) electrons. The van der Waals surface area contributed by atoms with Crippen LogP contribution in [0.4, 0.5) is 26.3 Å². The Labute approximate surface area is 312 Å². The molecule has 298 valence electrons. The molecule has 5 rings (SSSR count). The van der Waals surface area contributed by atoms with Gasteiger partial charge in [-0.25, -0.2) is 4.79 Å². The van der Waals surface area contributed by atoms with Gasteiger partial charge in [-0.1, -0.05) is 0 Å². The standard InChI is InChI=1S/C32H30B2F6N4O12/c1-13(41-27(48)14-6-19(31(35,36)37)17-11-55-33(53)21(17)8-14)26(43-28(49)15-7-20(32(38,39)40)18-12-56-34(54)22(18)9-15)29(50)42-23(30(51)52)3-2-16(45)10-44-24(46)4-5-25(44)47/h6-9,13,23,26,53-54H,2-5,10-12H2,1H3,(H,41,48)(H,42,50)(H,43,49)(H,51,52). The van der Waals surface area contributed by atoms with E-state index in [1.165, 1.54) is 0 Å². The molecule has 0 aromatic heterocycles. The lowest BCUT2D eigenvalue weighted by molar-refractivity contribution is -0.144. The van der Waals surface area contributed by atoms with Gasteiger partial charge >= 0.3 is 32.6 Å². The quantitative estimate of drug-likeness (QED) is 0.0826. The van der Waals surface area contributed by atoms with E-state index in [9.17, 15) is 75.1 Å². The minimum Gasteiger partial charge on any atom is -0.480 e. The molecule has 1 fully saturated rings. The van der Waals surface area contributed by atoms with E-state index in [-0.39, 0.29) is 18.3 Å². The predicted molar refractivity (Wildman–Crippen MR) is 176 cm³/mol. The van der Waals surface area contributed by atoms with Crippen molar-refractivity contribution >= 4 is 66.5 Å². The van der Waals surface area contributed by atoms with Crippen molar-refractivity contribution in [3.63, 3.8) is 0 Å². The van der Waals surface area contributed by atoms with Gasteiger partial charge in [-0.05, 0) is 59.7 Å². The van der Waals surface area contributed by atoms with Crippen LogP contribution in [-0.4, -0.2) is 100 Å². The lowest BCUT2D eigenvalue weighted by atomic mass is 9.77. The smallest absolute Gasteiger partial charge is 0.480 e. The van der Waals surface area contributed by atoms with Gasteiger partial charge in [0.25, 0.3) is 11.8 Å². The Morgan fingerprint density at radius 3 is 1.70 bits per heavy atom. The molecule has 6 N–H and O–H groups in total. The number of carbonyl (C=O) groups is 7. The number of likely N-dealkylation sites (tertiary alicyclic amines) is 1. The Morgan fingerprint density at radius 2 is 1.25 bits per heavy atom. The van der Waals surface area contributed by atoms with Crippen LogP contribution in [0.2, 0.25) is 0 Å². The summed E-state index contributed by atoms with van der Waals surface area (Å²) in [6.45, 7) is -0.914. The minimum absolute atomic E-state index is 0.120. The van der Waals surface area contributed by atoms with E-state index in [2.05, 4.69) is 10.6 Å². The molecule has 1 saturated heterocycles. The van der Waals surface area contributed by atoms with Gasteiger partial charge in [-0.3, -0.25) is 33.7 Å². The Hall–Kier alpha value is -5.32. The molecule has 0 aliphatic carbocycles. The van der Waals surface area contributed by atoms with E-state index in [4.69, 9.17) is 9.31 Å². The molecule has 3 atom stereocenters. The van der Waals surface area contributed by atoms with Crippen molar-refractivity contribution in [2.24, 2.45) is 0 Å². The summed E-state index contributed by atoms with van der Waals surface area (Å²) in [5.74, 6) is -7.84. The third kappa shape index (κ3) is 9.03. The third-order valence-electron chi connectivity index (χ3n) is 9.25. The Kier molecular flexibility index (Phi) is 12.0. The van der Waals surface area contributed by atoms with Crippen LogP contribution in [0.25, 0.3) is 0 Å². The van der Waals surface area contributed by atoms with Crippen LogP contribution in [0.1, 0.15) is 75.6 Å². The number of amides is 5. The molecule has 0 bridgehead atoms. The van der Waals surface area contributed by atoms with Crippen molar-refractivity contribution in [3.8, 4) is 0 Å². The maximum Gasteiger partial charge on any atom is 0.491 e. The summed E-state index contributed by atoms with van der Waals surface area (Å²) in [5.41, 5.74) is -5.90. The summed E-state index contributed by atoms with van der Waals surface area (Å²) in [6.07, 6.45) is -11.5. The van der Waals surface area contributed by atoms with Crippen molar-refractivity contribution in [2.45, 2.75) is 76.3 Å². The van der Waals surface area contributed by atoms with E-state index in [1.54, 1.807) is 0 Å². The zero-order chi connectivity index (χ0) is 41.4. The fourth-order valence-corrected chi connectivity index (χ4v) is 6.32. The molecule has 2 aromatic rings. The number of carboxylic acids is 1. The highest BCUT2D eigenvalue weighted by Crippen LogP contribution is 2.35. The second-order valence-corrected chi connectivity index (χ2v) is 13.1. The van der Waals surface area contributed by atoms with Crippen LogP contribution in [0, 0.1) is 0 Å². The average Bonchev–Trinajstić information content (AvgIpc) is 3.78. The van der Waals surface area contributed by atoms with Crippen LogP contribution in [0.15, 0.2) is 24.3 Å². The lowest BCUT2D eigenvalue weighted by Gasteiger charge is -2.27. The molecule has 56 heavy (non-hydrogen) atoms. The van der Waals surface area contributed by atoms with Crippen LogP contribution in [-0.2, 0) is 58.8 Å². The second kappa shape index (κ2) is 16.0. The Balaban J connectivity index is 1.42. The number of alkyl halides is 6. The summed E-state index contributed by atoms with van der Waals surface area (Å²) in [5, 5.41) is 36.3. The van der Waals surface area contributed by atoms with Crippen molar-refractivity contribution in [1.29, 1.82) is 0 Å². The van der Waals surface area contributed by atoms with Gasteiger partial charge in [0.2, 0.25) is 17.7 Å². The molecule has 0 spiro atoms. The molecule has 16 nitrogen and oxygen atoms in total. The summed E-state index contributed by atoms with van der Waals surface area (Å²) < 4.78 is 93.3. The number of carboxylic acid groups (broad SMARTS) is 1. The van der Waals surface area contributed by atoms with Gasteiger partial charge in [0.15, 0.2) is 5.78 Å². The number of nitrogens with zero attached hydrogens (tertiary/aromatic N) is 1. The first-order valence-electron chi connectivity index (χ1n) is 16.6. The van der Waals surface area contributed by atoms with Gasteiger partial charge < -0.3 is 40.4 Å². The highest BCUT2D eigenvalue weighted by atomic mass is 19.4. The van der Waals surface area contributed by atoms with Crippen LogP contribution < -0.4 is 26.9 Å². The highest BCUT2D eigenvalue weighted by molar-refractivity contribution is 6.62. The van der Waals surface area contributed by atoms with Gasteiger partial charge in [0.1, 0.15) is 12.1 Å². The normalized spacial score (nSPS) is 17.0. The summed E-state index contributed by atoms with van der Waals surface area (Å²) in [6, 6.07) is -3.11. The zero-order valence-corrected chi connectivity index (χ0v) is 28.9. The molecular formula is C32H30B2F6N4O12. The van der Waals surface area contributed by atoms with E-state index in [1.807, 2.05) is 5.32 Å². The van der Waals surface area contributed by atoms with E-state index >= 15 is 0 Å². The lowest BCUT2D eigenvalue weighted by Crippen LogP contribution is -2.59. The van der Waals surface area contributed by atoms with E-state index in [0.29, 0.717) is 17.0 Å². The number of hydrogen-bond donors (Lipinski definition) is 6. The first-order valence-corrected chi connectivity index (χ1v) is 16.6. The number of benzene rings is 2. The number of hydrogen-bond acceptors (Lipinski definition) is 11. The first kappa shape index (κ1) is 41.8. The Morgan fingerprint density at radius 1 is 0.786 bits per heavy atom. The number of rotatable bonds is 13. The molecule has 3 heterocycles. The van der Waals surface area contributed by atoms with Crippen LogP contribution in [0.5, 0.6) is 0 Å². The predicted octanol–water partition coefficient (Wildman–Crippen LogP) is -0.856. The number of aliphatic carboxylic acids is 1. The van der Waals surface area contributed by atoms with Crippen LogP contribution >= 0.6 is 0 Å². The van der Waals surface area contributed by atoms with Gasteiger partial charge in [-0.15, -0.1) is 0 Å². The first-order chi connectivity index (χ1) is 26.1. The molecule has 3 aliphatic rings. The number of carbonyl (C=O) groups excluding carboxylic acids is 6.